The summed E-state index contributed by atoms with van der Waals surface area (Å²) in [5.41, 5.74) is 2.12. The summed E-state index contributed by atoms with van der Waals surface area (Å²) >= 11 is 0. The third kappa shape index (κ3) is 5.60. The molecule has 3 rings (SSSR count). The van der Waals surface area contributed by atoms with Crippen molar-refractivity contribution in [2.24, 2.45) is 0 Å². The van der Waals surface area contributed by atoms with E-state index < -0.39 is 0 Å². The largest absolute Gasteiger partial charge is 0.490 e. The molecule has 0 unspecified atom stereocenters. The molecule has 3 aromatic carbocycles. The summed E-state index contributed by atoms with van der Waals surface area (Å²) in [7, 11) is 0. The summed E-state index contributed by atoms with van der Waals surface area (Å²) < 4.78 is 24.4. The fourth-order valence-electron chi connectivity index (χ4n) is 2.56. The van der Waals surface area contributed by atoms with Crippen molar-refractivity contribution in [3.63, 3.8) is 0 Å². The first-order valence-electron chi connectivity index (χ1n) is 8.65. The smallest absolute Gasteiger partial charge is 0.123 e. The van der Waals surface area contributed by atoms with Crippen LogP contribution in [0.4, 0.5) is 4.39 Å². The Hall–Kier alpha value is -2.85. The van der Waals surface area contributed by atoms with Gasteiger partial charge in [-0.1, -0.05) is 48.5 Å². The maximum atomic E-state index is 12.9. The van der Waals surface area contributed by atoms with Gasteiger partial charge < -0.3 is 14.8 Å². The zero-order valence-corrected chi connectivity index (χ0v) is 14.5. The quantitative estimate of drug-likeness (QED) is 0.573. The van der Waals surface area contributed by atoms with E-state index in [1.54, 1.807) is 12.1 Å². The molecule has 0 aliphatic rings. The molecule has 4 heteroatoms. The number of benzene rings is 3. The maximum Gasteiger partial charge on any atom is 0.123 e. The van der Waals surface area contributed by atoms with Gasteiger partial charge in [-0.25, -0.2) is 4.39 Å². The lowest BCUT2D eigenvalue weighted by atomic mass is 10.2. The van der Waals surface area contributed by atoms with Crippen LogP contribution in [-0.2, 0) is 13.1 Å². The molecule has 0 aliphatic heterocycles. The van der Waals surface area contributed by atoms with Crippen molar-refractivity contribution in [3.05, 3.63) is 95.8 Å². The first-order valence-corrected chi connectivity index (χ1v) is 8.65. The highest BCUT2D eigenvalue weighted by molar-refractivity contribution is 5.33. The van der Waals surface area contributed by atoms with E-state index in [9.17, 15) is 4.39 Å². The molecule has 3 aromatic rings. The average Bonchev–Trinajstić information content (AvgIpc) is 2.69. The summed E-state index contributed by atoms with van der Waals surface area (Å²) in [5, 5.41) is 3.36. The fraction of sp³-hybridized carbons (Fsp3) is 0.182. The van der Waals surface area contributed by atoms with Crippen LogP contribution >= 0.6 is 0 Å². The standard InChI is InChI=1S/C22H22FNO2/c23-20-12-10-18(11-13-20)16-24-17-19-6-4-5-9-22(19)26-15-14-25-21-7-2-1-3-8-21/h1-13,24H,14-17H2. The van der Waals surface area contributed by atoms with Crippen molar-refractivity contribution in [1.82, 2.24) is 5.32 Å². The zero-order valence-electron chi connectivity index (χ0n) is 14.5. The van der Waals surface area contributed by atoms with Crippen LogP contribution in [0, 0.1) is 5.82 Å². The highest BCUT2D eigenvalue weighted by Gasteiger charge is 2.03. The average molecular weight is 351 g/mol. The Kier molecular flexibility index (Phi) is 6.62. The third-order valence-corrected chi connectivity index (χ3v) is 3.88. The molecule has 0 heterocycles. The van der Waals surface area contributed by atoms with Gasteiger partial charge in [0.1, 0.15) is 30.5 Å². The molecule has 26 heavy (non-hydrogen) atoms. The van der Waals surface area contributed by atoms with Gasteiger partial charge in [0.05, 0.1) is 0 Å². The highest BCUT2D eigenvalue weighted by atomic mass is 19.1. The van der Waals surface area contributed by atoms with Crippen molar-refractivity contribution >= 4 is 0 Å². The monoisotopic (exact) mass is 351 g/mol. The summed E-state index contributed by atoms with van der Waals surface area (Å²) in [6.45, 7) is 2.31. The molecule has 0 aromatic heterocycles. The number of hydrogen-bond acceptors (Lipinski definition) is 3. The van der Waals surface area contributed by atoms with Crippen molar-refractivity contribution in [2.75, 3.05) is 13.2 Å². The number of rotatable bonds is 9. The van der Waals surface area contributed by atoms with Crippen LogP contribution in [0.3, 0.4) is 0 Å². The van der Waals surface area contributed by atoms with Gasteiger partial charge in [0.2, 0.25) is 0 Å². The highest BCUT2D eigenvalue weighted by Crippen LogP contribution is 2.18. The van der Waals surface area contributed by atoms with E-state index in [2.05, 4.69) is 5.32 Å². The minimum atomic E-state index is -0.217. The van der Waals surface area contributed by atoms with Crippen LogP contribution < -0.4 is 14.8 Å². The topological polar surface area (TPSA) is 30.5 Å². The summed E-state index contributed by atoms with van der Waals surface area (Å²) in [5.74, 6) is 1.46. The van der Waals surface area contributed by atoms with E-state index in [4.69, 9.17) is 9.47 Å². The Morgan fingerprint density at radius 1 is 0.692 bits per heavy atom. The molecule has 0 saturated heterocycles. The van der Waals surface area contributed by atoms with Gasteiger partial charge >= 0.3 is 0 Å². The van der Waals surface area contributed by atoms with Gasteiger partial charge in [-0.3, -0.25) is 0 Å². The molecule has 0 aliphatic carbocycles. The molecule has 134 valence electrons. The van der Waals surface area contributed by atoms with Crippen LogP contribution in [0.2, 0.25) is 0 Å². The van der Waals surface area contributed by atoms with Gasteiger partial charge in [-0.05, 0) is 35.9 Å². The summed E-state index contributed by atoms with van der Waals surface area (Å²) in [6.07, 6.45) is 0. The number of hydrogen-bond donors (Lipinski definition) is 1. The minimum Gasteiger partial charge on any atom is -0.490 e. The van der Waals surface area contributed by atoms with E-state index in [-0.39, 0.29) is 5.82 Å². The van der Waals surface area contributed by atoms with Gasteiger partial charge in [0.15, 0.2) is 0 Å². The van der Waals surface area contributed by atoms with E-state index in [0.29, 0.717) is 26.3 Å². The lowest BCUT2D eigenvalue weighted by molar-refractivity contribution is 0.215. The lowest BCUT2D eigenvalue weighted by Crippen LogP contribution is -2.15. The molecular weight excluding hydrogens is 329 g/mol. The number of nitrogens with one attached hydrogen (secondary N) is 1. The van der Waals surface area contributed by atoms with Gasteiger partial charge in [0, 0.05) is 18.7 Å². The van der Waals surface area contributed by atoms with E-state index >= 15 is 0 Å². The van der Waals surface area contributed by atoms with Crippen molar-refractivity contribution in [3.8, 4) is 11.5 Å². The molecule has 0 fully saturated rings. The second-order valence-corrected chi connectivity index (χ2v) is 5.85. The third-order valence-electron chi connectivity index (χ3n) is 3.88. The van der Waals surface area contributed by atoms with Crippen molar-refractivity contribution in [2.45, 2.75) is 13.1 Å². The van der Waals surface area contributed by atoms with Crippen molar-refractivity contribution in [1.29, 1.82) is 0 Å². The Bertz CT molecular complexity index is 791. The number of para-hydroxylation sites is 2. The molecule has 0 radical (unpaired) electrons. The second-order valence-electron chi connectivity index (χ2n) is 5.85. The Labute approximate surface area is 153 Å². The Balaban J connectivity index is 1.45. The number of halogens is 1. The second kappa shape index (κ2) is 9.59. The molecule has 0 bridgehead atoms. The first-order chi connectivity index (χ1) is 12.8. The first kappa shape index (κ1) is 18.0. The van der Waals surface area contributed by atoms with Crippen LogP contribution in [0.15, 0.2) is 78.9 Å². The molecule has 3 nitrogen and oxygen atoms in total. The predicted molar refractivity (Wildman–Crippen MR) is 101 cm³/mol. The lowest BCUT2D eigenvalue weighted by Gasteiger charge is -2.13. The fourth-order valence-corrected chi connectivity index (χ4v) is 2.56. The Morgan fingerprint density at radius 2 is 1.38 bits per heavy atom. The van der Waals surface area contributed by atoms with Gasteiger partial charge in [0.25, 0.3) is 0 Å². The Morgan fingerprint density at radius 3 is 2.19 bits per heavy atom. The molecule has 0 amide bonds. The van der Waals surface area contributed by atoms with Gasteiger partial charge in [-0.15, -0.1) is 0 Å². The van der Waals surface area contributed by atoms with Crippen LogP contribution in [0.5, 0.6) is 11.5 Å². The van der Waals surface area contributed by atoms with Crippen LogP contribution in [-0.4, -0.2) is 13.2 Å². The summed E-state index contributed by atoms with van der Waals surface area (Å²) in [6, 6.07) is 24.1. The van der Waals surface area contributed by atoms with E-state index in [1.165, 1.54) is 12.1 Å². The molecular formula is C22H22FNO2. The van der Waals surface area contributed by atoms with Crippen molar-refractivity contribution < 1.29 is 13.9 Å². The van der Waals surface area contributed by atoms with E-state index in [0.717, 1.165) is 22.6 Å². The molecule has 0 atom stereocenters. The zero-order chi connectivity index (χ0) is 18.0. The van der Waals surface area contributed by atoms with Crippen LogP contribution in [0.25, 0.3) is 0 Å². The molecule has 0 saturated carbocycles. The number of ether oxygens (including phenoxy) is 2. The van der Waals surface area contributed by atoms with Crippen LogP contribution in [0.1, 0.15) is 11.1 Å². The minimum absolute atomic E-state index is 0.217. The summed E-state index contributed by atoms with van der Waals surface area (Å²) in [4.78, 5) is 0. The SMILES string of the molecule is Fc1ccc(CNCc2ccccc2OCCOc2ccccc2)cc1. The predicted octanol–water partition coefficient (Wildman–Crippen LogP) is 4.57. The van der Waals surface area contributed by atoms with Gasteiger partial charge in [-0.2, -0.15) is 0 Å². The molecule has 0 spiro atoms. The van der Waals surface area contributed by atoms with E-state index in [1.807, 2.05) is 54.6 Å². The normalized spacial score (nSPS) is 10.5. The maximum absolute atomic E-state index is 12.9. The molecule has 1 N–H and O–H groups in total.